The van der Waals surface area contributed by atoms with Gasteiger partial charge in [-0.2, -0.15) is 0 Å². The van der Waals surface area contributed by atoms with Crippen LogP contribution in [0.2, 0.25) is 0 Å². The van der Waals surface area contributed by atoms with Crippen molar-refractivity contribution in [2.75, 3.05) is 13.1 Å². The summed E-state index contributed by atoms with van der Waals surface area (Å²) in [6.07, 6.45) is 0.896. The number of amides is 1. The summed E-state index contributed by atoms with van der Waals surface area (Å²) in [5.74, 6) is -0.802. The second kappa shape index (κ2) is 5.93. The molecule has 0 bridgehead atoms. The van der Waals surface area contributed by atoms with E-state index in [1.54, 1.807) is 4.90 Å². The normalized spacial score (nSPS) is 17.2. The number of carbonyl (C=O) groups excluding carboxylic acids is 1. The number of nitrogens with zero attached hydrogens (tertiary/aromatic N) is 1. The molecule has 0 aliphatic carbocycles. The Hall–Kier alpha value is -2.14. The highest BCUT2D eigenvalue weighted by atomic mass is 32.1. The molecule has 1 fully saturated rings. The van der Waals surface area contributed by atoms with Crippen LogP contribution in [-0.4, -0.2) is 35.0 Å². The van der Waals surface area contributed by atoms with Crippen LogP contribution in [0, 0.1) is 0 Å². The van der Waals surface area contributed by atoms with Gasteiger partial charge in [-0.15, -0.1) is 11.3 Å². The van der Waals surface area contributed by atoms with Gasteiger partial charge < -0.3 is 10.0 Å². The maximum absolute atomic E-state index is 12.4. The lowest BCUT2D eigenvalue weighted by Crippen LogP contribution is -2.49. The Bertz CT molecular complexity index is 658. The zero-order chi connectivity index (χ0) is 15.6. The van der Waals surface area contributed by atoms with Crippen LogP contribution >= 0.6 is 11.3 Å². The number of hydrogen-bond donors (Lipinski definition) is 1. The van der Waals surface area contributed by atoms with Crippen molar-refractivity contribution >= 4 is 23.2 Å². The standard InChI is InChI=1S/C17H17NO3S/c19-15(14-7-4-12-22-14)18-10-8-17(9-11-18,16(20)21)13-5-2-1-3-6-13/h1-7,12H,8-11H2,(H,20,21). The van der Waals surface area contributed by atoms with E-state index in [9.17, 15) is 14.7 Å². The molecule has 5 heteroatoms. The summed E-state index contributed by atoms with van der Waals surface area (Å²) in [7, 11) is 0. The predicted octanol–water partition coefficient (Wildman–Crippen LogP) is 3.01. The van der Waals surface area contributed by atoms with Crippen molar-refractivity contribution in [1.29, 1.82) is 0 Å². The molecule has 1 aliphatic heterocycles. The zero-order valence-corrected chi connectivity index (χ0v) is 12.9. The second-order valence-electron chi connectivity index (χ2n) is 5.52. The third-order valence-corrected chi connectivity index (χ3v) is 5.23. The average molecular weight is 315 g/mol. The van der Waals surface area contributed by atoms with Gasteiger partial charge in [-0.1, -0.05) is 36.4 Å². The largest absolute Gasteiger partial charge is 0.481 e. The molecule has 2 aromatic rings. The SMILES string of the molecule is O=C(c1cccs1)N1CCC(C(=O)O)(c2ccccc2)CC1. The van der Waals surface area contributed by atoms with Crippen molar-refractivity contribution in [2.24, 2.45) is 0 Å². The van der Waals surface area contributed by atoms with Crippen LogP contribution in [0.25, 0.3) is 0 Å². The van der Waals surface area contributed by atoms with Gasteiger partial charge in [-0.05, 0) is 29.9 Å². The molecule has 1 saturated heterocycles. The van der Waals surface area contributed by atoms with Gasteiger partial charge in [-0.25, -0.2) is 0 Å². The van der Waals surface area contributed by atoms with Crippen molar-refractivity contribution in [3.05, 3.63) is 58.3 Å². The summed E-state index contributed by atoms with van der Waals surface area (Å²) in [5.41, 5.74) is -0.0567. The van der Waals surface area contributed by atoms with Gasteiger partial charge in [0, 0.05) is 13.1 Å². The molecule has 1 aromatic carbocycles. The lowest BCUT2D eigenvalue weighted by atomic mass is 9.73. The molecule has 0 atom stereocenters. The van der Waals surface area contributed by atoms with Gasteiger partial charge in [-0.3, -0.25) is 9.59 Å². The number of rotatable bonds is 3. The quantitative estimate of drug-likeness (QED) is 0.947. The number of benzene rings is 1. The Balaban J connectivity index is 1.79. The van der Waals surface area contributed by atoms with E-state index in [1.807, 2.05) is 47.8 Å². The van der Waals surface area contributed by atoms with E-state index in [2.05, 4.69) is 0 Å². The number of thiophene rings is 1. The van der Waals surface area contributed by atoms with Gasteiger partial charge in [0.05, 0.1) is 10.3 Å². The minimum atomic E-state index is -0.881. The number of carboxylic acid groups (broad SMARTS) is 1. The third-order valence-electron chi connectivity index (χ3n) is 4.37. The van der Waals surface area contributed by atoms with Crippen LogP contribution in [-0.2, 0) is 10.2 Å². The molecule has 114 valence electrons. The third kappa shape index (κ3) is 2.52. The molecule has 1 N–H and O–H groups in total. The van der Waals surface area contributed by atoms with Crippen molar-refractivity contribution in [2.45, 2.75) is 18.3 Å². The minimum absolute atomic E-state index is 0.00190. The molecule has 1 aliphatic rings. The van der Waals surface area contributed by atoms with Crippen molar-refractivity contribution < 1.29 is 14.7 Å². The van der Waals surface area contributed by atoms with Crippen LogP contribution in [0.15, 0.2) is 47.8 Å². The lowest BCUT2D eigenvalue weighted by molar-refractivity contribution is -0.145. The van der Waals surface area contributed by atoms with E-state index in [4.69, 9.17) is 0 Å². The molecule has 2 heterocycles. The molecule has 1 amide bonds. The second-order valence-corrected chi connectivity index (χ2v) is 6.47. The number of piperidine rings is 1. The number of aliphatic carboxylic acids is 1. The number of likely N-dealkylation sites (tertiary alicyclic amines) is 1. The molecule has 22 heavy (non-hydrogen) atoms. The summed E-state index contributed by atoms with van der Waals surface area (Å²) in [6, 6.07) is 13.0. The Morgan fingerprint density at radius 1 is 1.05 bits per heavy atom. The van der Waals surface area contributed by atoms with Crippen LogP contribution in [0.4, 0.5) is 0 Å². The van der Waals surface area contributed by atoms with Gasteiger partial charge in [0.2, 0.25) is 0 Å². The highest BCUT2D eigenvalue weighted by Gasteiger charge is 2.43. The highest BCUT2D eigenvalue weighted by Crippen LogP contribution is 2.36. The number of carboxylic acids is 1. The van der Waals surface area contributed by atoms with Crippen LogP contribution in [0.1, 0.15) is 28.1 Å². The molecular formula is C17H17NO3S. The summed E-state index contributed by atoms with van der Waals surface area (Å²) < 4.78 is 0. The summed E-state index contributed by atoms with van der Waals surface area (Å²) in [6.45, 7) is 0.940. The summed E-state index contributed by atoms with van der Waals surface area (Å²) >= 11 is 1.42. The van der Waals surface area contributed by atoms with Gasteiger partial charge in [0.1, 0.15) is 0 Å². The fourth-order valence-corrected chi connectivity index (χ4v) is 3.72. The van der Waals surface area contributed by atoms with E-state index >= 15 is 0 Å². The summed E-state index contributed by atoms with van der Waals surface area (Å²) in [4.78, 5) is 26.7. The fourth-order valence-electron chi connectivity index (χ4n) is 3.03. The molecule has 0 spiro atoms. The Morgan fingerprint density at radius 3 is 2.27 bits per heavy atom. The first-order valence-electron chi connectivity index (χ1n) is 7.25. The van der Waals surface area contributed by atoms with Crippen LogP contribution in [0.3, 0.4) is 0 Å². The average Bonchev–Trinajstić information content (AvgIpc) is 3.09. The maximum atomic E-state index is 12.4. The lowest BCUT2D eigenvalue weighted by Gasteiger charge is -2.39. The first-order valence-corrected chi connectivity index (χ1v) is 8.13. The van der Waals surface area contributed by atoms with E-state index < -0.39 is 11.4 Å². The van der Waals surface area contributed by atoms with Gasteiger partial charge in [0.15, 0.2) is 0 Å². The van der Waals surface area contributed by atoms with Crippen molar-refractivity contribution in [3.63, 3.8) is 0 Å². The molecule has 4 nitrogen and oxygen atoms in total. The molecule has 3 rings (SSSR count). The molecular weight excluding hydrogens is 298 g/mol. The molecule has 0 radical (unpaired) electrons. The predicted molar refractivity (Wildman–Crippen MR) is 85.2 cm³/mol. The van der Waals surface area contributed by atoms with Crippen LogP contribution in [0.5, 0.6) is 0 Å². The highest BCUT2D eigenvalue weighted by molar-refractivity contribution is 7.12. The zero-order valence-electron chi connectivity index (χ0n) is 12.1. The van der Waals surface area contributed by atoms with Crippen LogP contribution < -0.4 is 0 Å². The van der Waals surface area contributed by atoms with E-state index in [-0.39, 0.29) is 5.91 Å². The number of carbonyl (C=O) groups is 2. The minimum Gasteiger partial charge on any atom is -0.481 e. The Kier molecular flexibility index (Phi) is 3.98. The maximum Gasteiger partial charge on any atom is 0.314 e. The van der Waals surface area contributed by atoms with E-state index in [0.29, 0.717) is 30.8 Å². The van der Waals surface area contributed by atoms with Crippen molar-refractivity contribution in [1.82, 2.24) is 4.90 Å². The smallest absolute Gasteiger partial charge is 0.314 e. The van der Waals surface area contributed by atoms with Crippen molar-refractivity contribution in [3.8, 4) is 0 Å². The topological polar surface area (TPSA) is 57.6 Å². The first-order chi connectivity index (χ1) is 10.6. The fraction of sp³-hybridized carbons (Fsp3) is 0.294. The molecule has 0 saturated carbocycles. The molecule has 1 aromatic heterocycles. The van der Waals surface area contributed by atoms with Gasteiger partial charge in [0.25, 0.3) is 5.91 Å². The van der Waals surface area contributed by atoms with Gasteiger partial charge >= 0.3 is 5.97 Å². The first kappa shape index (κ1) is 14.8. The van der Waals surface area contributed by atoms with E-state index in [1.165, 1.54) is 11.3 Å². The number of hydrogen-bond acceptors (Lipinski definition) is 3. The monoisotopic (exact) mass is 315 g/mol. The summed E-state index contributed by atoms with van der Waals surface area (Å²) in [5, 5.41) is 11.6. The Morgan fingerprint density at radius 2 is 1.73 bits per heavy atom. The molecule has 0 unspecified atom stereocenters. The Labute approximate surface area is 133 Å². The van der Waals surface area contributed by atoms with E-state index in [0.717, 1.165) is 5.56 Å².